The molecule has 0 aliphatic heterocycles. The molecule has 1 rings (SSSR count). The summed E-state index contributed by atoms with van der Waals surface area (Å²) in [6.45, 7) is 16.3. The monoisotopic (exact) mass is 293 g/mol. The zero-order chi connectivity index (χ0) is 16.7. The number of hydrogen-bond donors (Lipinski definition) is 1. The molecule has 0 fully saturated rings. The quantitative estimate of drug-likeness (QED) is 0.682. The molecule has 0 bridgehead atoms. The lowest BCUT2D eigenvalue weighted by Crippen LogP contribution is -2.02. The van der Waals surface area contributed by atoms with Gasteiger partial charge in [-0.15, -0.1) is 0 Å². The van der Waals surface area contributed by atoms with Crippen LogP contribution in [-0.4, -0.2) is 0 Å². The van der Waals surface area contributed by atoms with Crippen molar-refractivity contribution in [3.8, 4) is 0 Å². The van der Waals surface area contributed by atoms with Gasteiger partial charge >= 0.3 is 0 Å². The number of benzene rings is 1. The highest BCUT2D eigenvalue weighted by Crippen LogP contribution is 2.20. The summed E-state index contributed by atoms with van der Waals surface area (Å²) in [7, 11) is 0. The molecule has 0 saturated carbocycles. The SMILES string of the molecule is C=C(C=C/C=C\C(C)C(=C)/C(C)=C(/C)N)c1ccc(C)cc1. The van der Waals surface area contributed by atoms with Crippen molar-refractivity contribution in [2.24, 2.45) is 11.7 Å². The summed E-state index contributed by atoms with van der Waals surface area (Å²) < 4.78 is 0. The molecule has 1 aromatic rings. The smallest absolute Gasteiger partial charge is 0.00813 e. The molecule has 0 amide bonds. The van der Waals surface area contributed by atoms with Crippen LogP contribution in [0, 0.1) is 12.8 Å². The summed E-state index contributed by atoms with van der Waals surface area (Å²) in [4.78, 5) is 0. The van der Waals surface area contributed by atoms with Crippen LogP contribution in [0.5, 0.6) is 0 Å². The highest BCUT2D eigenvalue weighted by atomic mass is 14.6. The van der Waals surface area contributed by atoms with Gasteiger partial charge in [0.1, 0.15) is 0 Å². The van der Waals surface area contributed by atoms with Crippen LogP contribution < -0.4 is 5.73 Å². The van der Waals surface area contributed by atoms with Gasteiger partial charge in [0.05, 0.1) is 0 Å². The maximum absolute atomic E-state index is 5.81. The van der Waals surface area contributed by atoms with E-state index in [9.17, 15) is 0 Å². The first-order chi connectivity index (χ1) is 10.3. The van der Waals surface area contributed by atoms with Crippen LogP contribution in [0.3, 0.4) is 0 Å². The average molecular weight is 293 g/mol. The molecule has 1 unspecified atom stereocenters. The number of allylic oxidation sites excluding steroid dienone is 8. The maximum atomic E-state index is 5.81. The molecule has 0 heterocycles. The Morgan fingerprint density at radius 3 is 2.23 bits per heavy atom. The van der Waals surface area contributed by atoms with E-state index in [1.807, 2.05) is 32.1 Å². The predicted molar refractivity (Wildman–Crippen MR) is 99.4 cm³/mol. The molecule has 1 nitrogen and oxygen atoms in total. The summed E-state index contributed by atoms with van der Waals surface area (Å²) >= 11 is 0. The Morgan fingerprint density at radius 2 is 1.68 bits per heavy atom. The fraction of sp³-hybridized carbons (Fsp3) is 0.238. The minimum Gasteiger partial charge on any atom is -0.402 e. The second-order valence-corrected chi connectivity index (χ2v) is 5.76. The molecule has 0 aliphatic rings. The van der Waals surface area contributed by atoms with E-state index in [1.165, 1.54) is 5.56 Å². The van der Waals surface area contributed by atoms with E-state index >= 15 is 0 Å². The van der Waals surface area contributed by atoms with Crippen molar-refractivity contribution in [3.63, 3.8) is 0 Å². The number of aryl methyl sites for hydroxylation is 1. The molecular formula is C21H27N. The van der Waals surface area contributed by atoms with Gasteiger partial charge in [-0.25, -0.2) is 0 Å². The van der Waals surface area contributed by atoms with Crippen LogP contribution >= 0.6 is 0 Å². The van der Waals surface area contributed by atoms with Gasteiger partial charge in [0.15, 0.2) is 0 Å². The van der Waals surface area contributed by atoms with Crippen molar-refractivity contribution >= 4 is 5.57 Å². The molecule has 1 atom stereocenters. The number of rotatable bonds is 6. The lowest BCUT2D eigenvalue weighted by atomic mass is 9.95. The van der Waals surface area contributed by atoms with Gasteiger partial charge in [0.2, 0.25) is 0 Å². The van der Waals surface area contributed by atoms with Gasteiger partial charge in [-0.05, 0) is 49.0 Å². The fourth-order valence-corrected chi connectivity index (χ4v) is 1.98. The van der Waals surface area contributed by atoms with Crippen molar-refractivity contribution in [1.29, 1.82) is 0 Å². The van der Waals surface area contributed by atoms with E-state index in [2.05, 4.69) is 57.3 Å². The van der Waals surface area contributed by atoms with Crippen LogP contribution in [0.2, 0.25) is 0 Å². The zero-order valence-corrected chi connectivity index (χ0v) is 14.2. The minimum atomic E-state index is 0.260. The second-order valence-electron chi connectivity index (χ2n) is 5.76. The van der Waals surface area contributed by atoms with Gasteiger partial charge in [-0.1, -0.05) is 74.2 Å². The third-order valence-corrected chi connectivity index (χ3v) is 3.85. The molecule has 0 aliphatic carbocycles. The number of nitrogens with two attached hydrogens (primary N) is 1. The molecule has 0 aromatic heterocycles. The Balaban J connectivity index is 2.65. The molecule has 0 spiro atoms. The van der Waals surface area contributed by atoms with Crippen molar-refractivity contribution in [2.75, 3.05) is 0 Å². The van der Waals surface area contributed by atoms with Crippen molar-refractivity contribution in [2.45, 2.75) is 27.7 Å². The predicted octanol–water partition coefficient (Wildman–Crippen LogP) is 5.57. The first kappa shape index (κ1) is 17.8. The Morgan fingerprint density at radius 1 is 1.09 bits per heavy atom. The van der Waals surface area contributed by atoms with E-state index in [0.29, 0.717) is 0 Å². The first-order valence-electron chi connectivity index (χ1n) is 7.56. The Hall–Kier alpha value is -2.28. The summed E-state index contributed by atoms with van der Waals surface area (Å²) in [6, 6.07) is 8.38. The molecule has 116 valence electrons. The second kappa shape index (κ2) is 8.23. The van der Waals surface area contributed by atoms with Crippen molar-refractivity contribution < 1.29 is 0 Å². The molecule has 0 radical (unpaired) electrons. The van der Waals surface area contributed by atoms with Gasteiger partial charge in [0.25, 0.3) is 0 Å². The summed E-state index contributed by atoms with van der Waals surface area (Å²) in [5.41, 5.74) is 12.2. The molecule has 2 N–H and O–H groups in total. The lowest BCUT2D eigenvalue weighted by molar-refractivity contribution is 0.869. The minimum absolute atomic E-state index is 0.260. The van der Waals surface area contributed by atoms with E-state index < -0.39 is 0 Å². The Labute approximate surface area is 135 Å². The molecular weight excluding hydrogens is 266 g/mol. The van der Waals surface area contributed by atoms with Crippen molar-refractivity contribution in [3.05, 3.63) is 89.7 Å². The topological polar surface area (TPSA) is 26.0 Å². The third-order valence-electron chi connectivity index (χ3n) is 3.85. The molecule has 1 heteroatoms. The van der Waals surface area contributed by atoms with Gasteiger partial charge < -0.3 is 5.73 Å². The zero-order valence-electron chi connectivity index (χ0n) is 14.2. The van der Waals surface area contributed by atoms with Gasteiger partial charge in [-0.3, -0.25) is 0 Å². The van der Waals surface area contributed by atoms with Crippen molar-refractivity contribution in [1.82, 2.24) is 0 Å². The van der Waals surface area contributed by atoms with E-state index in [0.717, 1.165) is 28.0 Å². The largest absolute Gasteiger partial charge is 0.402 e. The lowest BCUT2D eigenvalue weighted by Gasteiger charge is -2.12. The van der Waals surface area contributed by atoms with Crippen LogP contribution in [-0.2, 0) is 0 Å². The van der Waals surface area contributed by atoms with Gasteiger partial charge in [-0.2, -0.15) is 0 Å². The highest BCUT2D eigenvalue weighted by Gasteiger charge is 2.05. The van der Waals surface area contributed by atoms with E-state index in [-0.39, 0.29) is 5.92 Å². The molecule has 0 saturated heterocycles. The van der Waals surface area contributed by atoms with Crippen LogP contribution in [0.4, 0.5) is 0 Å². The fourth-order valence-electron chi connectivity index (χ4n) is 1.98. The van der Waals surface area contributed by atoms with Crippen LogP contribution in [0.1, 0.15) is 31.9 Å². The number of hydrogen-bond acceptors (Lipinski definition) is 1. The van der Waals surface area contributed by atoms with Crippen LogP contribution in [0.15, 0.2) is 78.6 Å². The standard InChI is InChI=1S/C21H27N/c1-15-11-13-21(14-12-15)17(3)10-8-7-9-16(2)18(4)19(5)20(6)22/h7-14,16H,3-4,22H2,1-2,5-6H3/b9-7-,10-8?,20-19-. The van der Waals surface area contributed by atoms with Crippen LogP contribution in [0.25, 0.3) is 5.57 Å². The maximum Gasteiger partial charge on any atom is 0.00813 e. The normalized spacial score (nSPS) is 14.2. The summed E-state index contributed by atoms with van der Waals surface area (Å²) in [5, 5.41) is 0. The third kappa shape index (κ3) is 5.25. The molecule has 1 aromatic carbocycles. The average Bonchev–Trinajstić information content (AvgIpc) is 2.50. The highest BCUT2D eigenvalue weighted by molar-refractivity contribution is 5.72. The van der Waals surface area contributed by atoms with Gasteiger partial charge in [0, 0.05) is 5.70 Å². The molecule has 22 heavy (non-hydrogen) atoms. The first-order valence-corrected chi connectivity index (χ1v) is 7.56. The Kier molecular flexibility index (Phi) is 6.65. The summed E-state index contributed by atoms with van der Waals surface area (Å²) in [5.74, 6) is 0.260. The summed E-state index contributed by atoms with van der Waals surface area (Å²) in [6.07, 6.45) is 8.19. The van der Waals surface area contributed by atoms with E-state index in [1.54, 1.807) is 0 Å². The Bertz CT molecular complexity index is 620. The van der Waals surface area contributed by atoms with E-state index in [4.69, 9.17) is 5.73 Å².